The summed E-state index contributed by atoms with van der Waals surface area (Å²) in [6.45, 7) is 2.19. The van der Waals surface area contributed by atoms with E-state index in [-0.39, 0.29) is 0 Å². The molecular formula is C13H19N. The molecule has 0 heterocycles. The van der Waals surface area contributed by atoms with E-state index in [1.54, 1.807) is 0 Å². The number of hydrogen-bond acceptors (Lipinski definition) is 1. The van der Waals surface area contributed by atoms with Crippen LogP contribution in [-0.2, 0) is 0 Å². The molecule has 1 saturated carbocycles. The molecule has 1 nitrogen and oxygen atoms in total. The van der Waals surface area contributed by atoms with E-state index in [1.165, 1.54) is 36.8 Å². The first kappa shape index (κ1) is 9.72. The van der Waals surface area contributed by atoms with E-state index in [1.807, 2.05) is 0 Å². The van der Waals surface area contributed by atoms with Gasteiger partial charge in [-0.15, -0.1) is 0 Å². The number of rotatable bonds is 1. The molecule has 76 valence electrons. The molecule has 0 radical (unpaired) electrons. The summed E-state index contributed by atoms with van der Waals surface area (Å²) in [4.78, 5) is 0. The molecule has 0 aromatic heterocycles. The Morgan fingerprint density at radius 1 is 1.14 bits per heavy atom. The van der Waals surface area contributed by atoms with Gasteiger partial charge in [-0.05, 0) is 36.8 Å². The second kappa shape index (κ2) is 4.14. The Morgan fingerprint density at radius 3 is 2.57 bits per heavy atom. The average molecular weight is 189 g/mol. The highest BCUT2D eigenvalue weighted by Crippen LogP contribution is 2.33. The molecule has 2 atom stereocenters. The summed E-state index contributed by atoms with van der Waals surface area (Å²) in [7, 11) is 0. The van der Waals surface area contributed by atoms with E-state index in [0.29, 0.717) is 12.0 Å². The van der Waals surface area contributed by atoms with Crippen molar-refractivity contribution in [3.05, 3.63) is 35.4 Å². The van der Waals surface area contributed by atoms with E-state index in [9.17, 15) is 0 Å². The lowest BCUT2D eigenvalue weighted by Gasteiger charge is -2.29. The van der Waals surface area contributed by atoms with Crippen LogP contribution in [0.25, 0.3) is 0 Å². The van der Waals surface area contributed by atoms with E-state index in [4.69, 9.17) is 5.73 Å². The third kappa shape index (κ3) is 1.83. The minimum atomic E-state index is 0.379. The fourth-order valence-corrected chi connectivity index (χ4v) is 2.55. The van der Waals surface area contributed by atoms with Crippen molar-refractivity contribution >= 4 is 0 Å². The second-order valence-electron chi connectivity index (χ2n) is 4.41. The number of nitrogens with two attached hydrogens (primary N) is 1. The average Bonchev–Trinajstić information content (AvgIpc) is 2.20. The van der Waals surface area contributed by atoms with Gasteiger partial charge in [-0.1, -0.05) is 37.1 Å². The maximum atomic E-state index is 6.18. The van der Waals surface area contributed by atoms with Gasteiger partial charge in [0, 0.05) is 6.04 Å². The van der Waals surface area contributed by atoms with Crippen LogP contribution in [0.15, 0.2) is 24.3 Å². The van der Waals surface area contributed by atoms with Gasteiger partial charge in [-0.3, -0.25) is 0 Å². The van der Waals surface area contributed by atoms with Crippen molar-refractivity contribution in [1.82, 2.24) is 0 Å². The van der Waals surface area contributed by atoms with Crippen molar-refractivity contribution in [2.45, 2.75) is 44.6 Å². The predicted molar refractivity (Wildman–Crippen MR) is 60.4 cm³/mol. The summed E-state index contributed by atoms with van der Waals surface area (Å²) >= 11 is 0. The normalized spacial score (nSPS) is 27.6. The van der Waals surface area contributed by atoms with E-state index < -0.39 is 0 Å². The van der Waals surface area contributed by atoms with Gasteiger partial charge in [0.25, 0.3) is 0 Å². The zero-order valence-corrected chi connectivity index (χ0v) is 8.87. The third-order valence-electron chi connectivity index (χ3n) is 3.41. The summed E-state index contributed by atoms with van der Waals surface area (Å²) in [5, 5.41) is 0. The van der Waals surface area contributed by atoms with Crippen molar-refractivity contribution in [2.75, 3.05) is 0 Å². The summed E-state index contributed by atoms with van der Waals surface area (Å²) in [6, 6.07) is 9.04. The molecule has 1 aliphatic rings. The Kier molecular flexibility index (Phi) is 2.87. The molecule has 0 unspecified atom stereocenters. The zero-order valence-electron chi connectivity index (χ0n) is 8.87. The molecule has 14 heavy (non-hydrogen) atoms. The molecule has 1 aliphatic carbocycles. The minimum Gasteiger partial charge on any atom is -0.327 e. The zero-order chi connectivity index (χ0) is 9.97. The quantitative estimate of drug-likeness (QED) is 0.722. The lowest BCUT2D eigenvalue weighted by Crippen LogP contribution is -2.31. The Morgan fingerprint density at radius 2 is 1.86 bits per heavy atom. The fourth-order valence-electron chi connectivity index (χ4n) is 2.55. The van der Waals surface area contributed by atoms with Crippen LogP contribution in [0.1, 0.15) is 42.7 Å². The molecule has 0 saturated heterocycles. The van der Waals surface area contributed by atoms with Crippen LogP contribution in [0, 0.1) is 6.92 Å². The summed E-state index contributed by atoms with van der Waals surface area (Å²) in [5.41, 5.74) is 9.05. The van der Waals surface area contributed by atoms with E-state index >= 15 is 0 Å². The highest BCUT2D eigenvalue weighted by atomic mass is 14.7. The molecule has 1 aromatic rings. The molecule has 0 spiro atoms. The Labute approximate surface area is 86.3 Å². The topological polar surface area (TPSA) is 26.0 Å². The van der Waals surface area contributed by atoms with E-state index in [0.717, 1.165) is 0 Å². The molecule has 2 rings (SSSR count). The highest BCUT2D eigenvalue weighted by molar-refractivity contribution is 5.30. The van der Waals surface area contributed by atoms with Crippen LogP contribution in [0.4, 0.5) is 0 Å². The van der Waals surface area contributed by atoms with Crippen molar-refractivity contribution in [3.8, 4) is 0 Å². The van der Waals surface area contributed by atoms with Crippen molar-refractivity contribution < 1.29 is 0 Å². The summed E-state index contributed by atoms with van der Waals surface area (Å²) < 4.78 is 0. The Balaban J connectivity index is 2.25. The monoisotopic (exact) mass is 189 g/mol. The maximum Gasteiger partial charge on any atom is 0.0108 e. The first-order valence-electron chi connectivity index (χ1n) is 5.60. The maximum absolute atomic E-state index is 6.18. The molecular weight excluding hydrogens is 170 g/mol. The molecule has 0 amide bonds. The van der Waals surface area contributed by atoms with E-state index in [2.05, 4.69) is 31.2 Å². The Bertz CT molecular complexity index is 306. The molecule has 2 N–H and O–H groups in total. The van der Waals surface area contributed by atoms with Crippen LogP contribution in [-0.4, -0.2) is 6.04 Å². The van der Waals surface area contributed by atoms with Crippen molar-refractivity contribution in [1.29, 1.82) is 0 Å². The molecule has 1 heteroatoms. The summed E-state index contributed by atoms with van der Waals surface area (Å²) in [6.07, 6.45) is 5.11. The number of benzene rings is 1. The first-order chi connectivity index (χ1) is 6.79. The van der Waals surface area contributed by atoms with Gasteiger partial charge < -0.3 is 5.73 Å². The SMILES string of the molecule is Cc1ccccc1[C@@H]1CCCC[C@H]1N. The lowest BCUT2D eigenvalue weighted by molar-refractivity contribution is 0.384. The van der Waals surface area contributed by atoms with Gasteiger partial charge in [0.1, 0.15) is 0 Å². The predicted octanol–water partition coefficient (Wildman–Crippen LogP) is 2.98. The first-order valence-corrected chi connectivity index (χ1v) is 5.60. The van der Waals surface area contributed by atoms with Crippen LogP contribution in [0.5, 0.6) is 0 Å². The largest absolute Gasteiger partial charge is 0.327 e. The lowest BCUT2D eigenvalue weighted by atomic mass is 9.79. The van der Waals surface area contributed by atoms with Gasteiger partial charge in [-0.2, -0.15) is 0 Å². The van der Waals surface area contributed by atoms with Crippen LogP contribution >= 0.6 is 0 Å². The molecule has 0 bridgehead atoms. The highest BCUT2D eigenvalue weighted by Gasteiger charge is 2.23. The number of aryl methyl sites for hydroxylation is 1. The second-order valence-corrected chi connectivity index (χ2v) is 4.41. The number of hydrogen-bond donors (Lipinski definition) is 1. The van der Waals surface area contributed by atoms with Gasteiger partial charge in [0.05, 0.1) is 0 Å². The molecule has 1 aromatic carbocycles. The van der Waals surface area contributed by atoms with Gasteiger partial charge in [0.15, 0.2) is 0 Å². The van der Waals surface area contributed by atoms with Crippen LogP contribution in [0.3, 0.4) is 0 Å². The molecule has 1 fully saturated rings. The Hall–Kier alpha value is -0.820. The van der Waals surface area contributed by atoms with Crippen LogP contribution < -0.4 is 5.73 Å². The summed E-state index contributed by atoms with van der Waals surface area (Å²) in [5.74, 6) is 0.602. The van der Waals surface area contributed by atoms with Crippen LogP contribution in [0.2, 0.25) is 0 Å². The van der Waals surface area contributed by atoms with Gasteiger partial charge in [0.2, 0.25) is 0 Å². The molecule has 0 aliphatic heterocycles. The van der Waals surface area contributed by atoms with Gasteiger partial charge in [-0.25, -0.2) is 0 Å². The smallest absolute Gasteiger partial charge is 0.0108 e. The standard InChI is InChI=1S/C13H19N/c1-10-6-2-3-7-11(10)12-8-4-5-9-13(12)14/h2-3,6-7,12-13H,4-5,8-9,14H2,1H3/t12-,13+/m0/s1. The van der Waals surface area contributed by atoms with Crippen molar-refractivity contribution in [2.24, 2.45) is 5.73 Å². The van der Waals surface area contributed by atoms with Gasteiger partial charge >= 0.3 is 0 Å². The van der Waals surface area contributed by atoms with Crippen molar-refractivity contribution in [3.63, 3.8) is 0 Å². The third-order valence-corrected chi connectivity index (χ3v) is 3.41. The fraction of sp³-hybridized carbons (Fsp3) is 0.538. The minimum absolute atomic E-state index is 0.379.